The highest BCUT2D eigenvalue weighted by Gasteiger charge is 2.28. The third-order valence-corrected chi connectivity index (χ3v) is 3.56. The van der Waals surface area contributed by atoms with Crippen molar-refractivity contribution < 1.29 is 9.53 Å². The highest BCUT2D eigenvalue weighted by Crippen LogP contribution is 2.23. The van der Waals surface area contributed by atoms with Gasteiger partial charge < -0.3 is 9.53 Å². The third kappa shape index (κ3) is 3.18. The van der Waals surface area contributed by atoms with Gasteiger partial charge in [-0.3, -0.25) is 4.90 Å². The van der Waals surface area contributed by atoms with Crippen LogP contribution in [0.25, 0.3) is 0 Å². The van der Waals surface area contributed by atoms with Gasteiger partial charge in [-0.05, 0) is 18.9 Å². The molecule has 1 atom stereocenters. The molecule has 1 saturated heterocycles. The van der Waals surface area contributed by atoms with Crippen LogP contribution >= 0.6 is 0 Å². The summed E-state index contributed by atoms with van der Waals surface area (Å²) in [4.78, 5) is 13.9. The Bertz CT molecular complexity index is 371. The van der Waals surface area contributed by atoms with E-state index in [0.29, 0.717) is 0 Å². The van der Waals surface area contributed by atoms with Crippen LogP contribution in [-0.4, -0.2) is 44.0 Å². The molecule has 1 aromatic rings. The second-order valence-corrected chi connectivity index (χ2v) is 5.14. The first-order valence-corrected chi connectivity index (χ1v) is 6.56. The number of ether oxygens (including phenoxy) is 1. The van der Waals surface area contributed by atoms with E-state index in [1.54, 1.807) is 0 Å². The molecule has 2 rings (SSSR count). The summed E-state index contributed by atoms with van der Waals surface area (Å²) >= 11 is 0. The van der Waals surface area contributed by atoms with E-state index in [0.717, 1.165) is 51.1 Å². The summed E-state index contributed by atoms with van der Waals surface area (Å²) in [6.45, 7) is 6.31. The van der Waals surface area contributed by atoms with E-state index in [4.69, 9.17) is 4.74 Å². The Kier molecular flexibility index (Phi) is 4.50. The van der Waals surface area contributed by atoms with Gasteiger partial charge in [0, 0.05) is 26.2 Å². The van der Waals surface area contributed by atoms with Crippen LogP contribution in [0.4, 0.5) is 0 Å². The van der Waals surface area contributed by atoms with E-state index in [2.05, 4.69) is 4.90 Å². The minimum Gasteiger partial charge on any atom is -0.380 e. The van der Waals surface area contributed by atoms with Gasteiger partial charge in [-0.2, -0.15) is 0 Å². The zero-order chi connectivity index (χ0) is 12.8. The summed E-state index contributed by atoms with van der Waals surface area (Å²) in [6, 6.07) is 10.0. The molecule has 3 heteroatoms. The molecule has 0 bridgehead atoms. The zero-order valence-corrected chi connectivity index (χ0v) is 11.0. The molecular formula is C15H21NO2. The lowest BCUT2D eigenvalue weighted by Gasteiger charge is -2.30. The number of hydrogen-bond acceptors (Lipinski definition) is 3. The molecule has 18 heavy (non-hydrogen) atoms. The van der Waals surface area contributed by atoms with Crippen molar-refractivity contribution in [2.45, 2.75) is 18.8 Å². The molecule has 1 aromatic carbocycles. The van der Waals surface area contributed by atoms with Crippen LogP contribution in [0.15, 0.2) is 30.3 Å². The topological polar surface area (TPSA) is 29.5 Å². The summed E-state index contributed by atoms with van der Waals surface area (Å²) in [5, 5.41) is 0. The molecule has 0 aromatic heterocycles. The number of benzene rings is 1. The average Bonchev–Trinajstić information content (AvgIpc) is 2.68. The van der Waals surface area contributed by atoms with E-state index in [1.807, 2.05) is 37.3 Å². The van der Waals surface area contributed by atoms with Crippen LogP contribution in [0.1, 0.15) is 18.9 Å². The molecule has 0 saturated carbocycles. The van der Waals surface area contributed by atoms with Gasteiger partial charge in [-0.25, -0.2) is 0 Å². The SMILES string of the molecule is CC(C=O)(CN1CCCOCC1)c1ccccc1. The monoisotopic (exact) mass is 247 g/mol. The van der Waals surface area contributed by atoms with Crippen LogP contribution in [0.3, 0.4) is 0 Å². The standard InChI is InChI=1S/C15H21NO2/c1-15(13-17,14-6-3-2-4-7-14)12-16-8-5-10-18-11-9-16/h2-4,6-7,13H,5,8-12H2,1H3. The summed E-state index contributed by atoms with van der Waals surface area (Å²) in [7, 11) is 0. The average molecular weight is 247 g/mol. The molecule has 0 N–H and O–H groups in total. The van der Waals surface area contributed by atoms with E-state index >= 15 is 0 Å². The Labute approximate surface area is 109 Å². The highest BCUT2D eigenvalue weighted by atomic mass is 16.5. The number of aldehydes is 1. The molecule has 0 radical (unpaired) electrons. The Morgan fingerprint density at radius 2 is 2.06 bits per heavy atom. The molecule has 1 fully saturated rings. The first-order valence-electron chi connectivity index (χ1n) is 6.56. The van der Waals surface area contributed by atoms with Crippen molar-refractivity contribution in [3.63, 3.8) is 0 Å². The normalized spacial score (nSPS) is 20.9. The quantitative estimate of drug-likeness (QED) is 0.761. The van der Waals surface area contributed by atoms with E-state index in [9.17, 15) is 4.79 Å². The van der Waals surface area contributed by atoms with Gasteiger partial charge in [0.25, 0.3) is 0 Å². The molecule has 98 valence electrons. The van der Waals surface area contributed by atoms with Gasteiger partial charge in [0.2, 0.25) is 0 Å². The van der Waals surface area contributed by atoms with Crippen molar-refractivity contribution in [1.82, 2.24) is 4.90 Å². The van der Waals surface area contributed by atoms with Crippen LogP contribution in [0.5, 0.6) is 0 Å². The van der Waals surface area contributed by atoms with Gasteiger partial charge >= 0.3 is 0 Å². The second kappa shape index (κ2) is 6.12. The van der Waals surface area contributed by atoms with Gasteiger partial charge in [0.1, 0.15) is 6.29 Å². The predicted molar refractivity (Wildman–Crippen MR) is 71.7 cm³/mol. The van der Waals surface area contributed by atoms with Crippen molar-refractivity contribution in [3.05, 3.63) is 35.9 Å². The maximum absolute atomic E-state index is 11.5. The van der Waals surface area contributed by atoms with Crippen molar-refractivity contribution in [2.24, 2.45) is 0 Å². The summed E-state index contributed by atoms with van der Waals surface area (Å²) in [6.07, 6.45) is 2.12. The lowest BCUT2D eigenvalue weighted by atomic mass is 9.83. The molecule has 0 amide bonds. The summed E-state index contributed by atoms with van der Waals surface area (Å²) in [5.41, 5.74) is 0.663. The Morgan fingerprint density at radius 3 is 2.78 bits per heavy atom. The van der Waals surface area contributed by atoms with Gasteiger partial charge in [-0.1, -0.05) is 30.3 Å². The van der Waals surface area contributed by atoms with E-state index in [1.165, 1.54) is 0 Å². The number of carbonyl (C=O) groups is 1. The number of nitrogens with zero attached hydrogens (tertiary/aromatic N) is 1. The minimum atomic E-state index is -0.425. The number of rotatable bonds is 4. The van der Waals surface area contributed by atoms with Gasteiger partial charge in [0.15, 0.2) is 0 Å². The highest BCUT2D eigenvalue weighted by molar-refractivity contribution is 5.68. The first-order chi connectivity index (χ1) is 8.74. The lowest BCUT2D eigenvalue weighted by molar-refractivity contribution is -0.112. The maximum Gasteiger partial charge on any atom is 0.131 e. The Hall–Kier alpha value is -1.19. The van der Waals surface area contributed by atoms with Crippen molar-refractivity contribution in [1.29, 1.82) is 0 Å². The van der Waals surface area contributed by atoms with Crippen molar-refractivity contribution in [2.75, 3.05) is 32.8 Å². The predicted octanol–water partition coefficient (Wildman–Crippen LogP) is 1.87. The van der Waals surface area contributed by atoms with Gasteiger partial charge in [-0.15, -0.1) is 0 Å². The summed E-state index contributed by atoms with van der Waals surface area (Å²) < 4.78 is 5.45. The lowest BCUT2D eigenvalue weighted by Crippen LogP contribution is -2.41. The maximum atomic E-state index is 11.5. The molecule has 1 aliphatic heterocycles. The number of carbonyl (C=O) groups excluding carboxylic acids is 1. The Morgan fingerprint density at radius 1 is 1.28 bits per heavy atom. The van der Waals surface area contributed by atoms with Crippen LogP contribution in [0, 0.1) is 0 Å². The third-order valence-electron chi connectivity index (χ3n) is 3.56. The summed E-state index contributed by atoms with van der Waals surface area (Å²) in [5.74, 6) is 0. The fourth-order valence-electron chi connectivity index (χ4n) is 2.44. The van der Waals surface area contributed by atoms with Crippen molar-refractivity contribution in [3.8, 4) is 0 Å². The van der Waals surface area contributed by atoms with Crippen molar-refractivity contribution >= 4 is 6.29 Å². The molecular weight excluding hydrogens is 226 g/mol. The minimum absolute atomic E-state index is 0.425. The molecule has 0 aliphatic carbocycles. The largest absolute Gasteiger partial charge is 0.380 e. The Balaban J connectivity index is 2.10. The zero-order valence-electron chi connectivity index (χ0n) is 11.0. The molecule has 1 unspecified atom stereocenters. The molecule has 3 nitrogen and oxygen atoms in total. The number of hydrogen-bond donors (Lipinski definition) is 0. The van der Waals surface area contributed by atoms with Gasteiger partial charge in [0.05, 0.1) is 12.0 Å². The smallest absolute Gasteiger partial charge is 0.131 e. The first kappa shape index (κ1) is 13.2. The van der Waals surface area contributed by atoms with Crippen LogP contribution < -0.4 is 0 Å². The molecule has 0 spiro atoms. The van der Waals surface area contributed by atoms with E-state index < -0.39 is 5.41 Å². The molecule has 1 aliphatic rings. The fourth-order valence-corrected chi connectivity index (χ4v) is 2.44. The fraction of sp³-hybridized carbons (Fsp3) is 0.533. The molecule has 1 heterocycles. The van der Waals surface area contributed by atoms with Crippen LogP contribution in [-0.2, 0) is 14.9 Å². The van der Waals surface area contributed by atoms with E-state index in [-0.39, 0.29) is 0 Å². The van der Waals surface area contributed by atoms with Crippen LogP contribution in [0.2, 0.25) is 0 Å². The second-order valence-electron chi connectivity index (χ2n) is 5.14.